The molecule has 0 radical (unpaired) electrons. The van der Waals surface area contributed by atoms with Gasteiger partial charge in [0.15, 0.2) is 0 Å². The molecule has 0 amide bonds. The molecule has 0 saturated carbocycles. The molecule has 0 atom stereocenters. The number of carboxylic acids is 1. The molecule has 1 aromatic rings. The summed E-state index contributed by atoms with van der Waals surface area (Å²) in [7, 11) is 0. The number of hydrogen-bond donors (Lipinski definition) is 2. The second kappa shape index (κ2) is 5.85. The Kier molecular flexibility index (Phi) is 4.73. The summed E-state index contributed by atoms with van der Waals surface area (Å²) >= 11 is 6.83. The molecule has 92 valence electrons. The van der Waals surface area contributed by atoms with Crippen molar-refractivity contribution in [2.24, 2.45) is 0 Å². The summed E-state index contributed by atoms with van der Waals surface area (Å²) in [5.74, 6) is -1.03. The van der Waals surface area contributed by atoms with Crippen LogP contribution >= 0.6 is 23.4 Å². The maximum atomic E-state index is 11.0. The van der Waals surface area contributed by atoms with Gasteiger partial charge in [-0.2, -0.15) is 0 Å². The predicted molar refractivity (Wildman–Crippen MR) is 62.9 cm³/mol. The summed E-state index contributed by atoms with van der Waals surface area (Å²) in [6.07, 6.45) is 0. The quantitative estimate of drug-likeness (QED) is 0.485. The number of halogens is 1. The molecule has 8 heteroatoms. The van der Waals surface area contributed by atoms with Gasteiger partial charge in [-0.3, -0.25) is 10.1 Å². The van der Waals surface area contributed by atoms with E-state index in [-0.39, 0.29) is 33.5 Å². The summed E-state index contributed by atoms with van der Waals surface area (Å²) in [5, 5.41) is 28.2. The third-order valence-electron chi connectivity index (χ3n) is 1.81. The maximum absolute atomic E-state index is 11.0. The third kappa shape index (κ3) is 3.32. The molecule has 6 nitrogen and oxygen atoms in total. The Morgan fingerprint density at radius 2 is 2.18 bits per heavy atom. The molecule has 0 fully saturated rings. The molecule has 0 heterocycles. The molecule has 2 N–H and O–H groups in total. The third-order valence-corrected chi connectivity index (χ3v) is 3.33. The standard InChI is InChI=1S/C9H8ClNO5S/c10-7-4-5(11(15)16)3-6(9(13)14)8(7)17-2-1-12/h3-4,12H,1-2H2,(H,13,14). The van der Waals surface area contributed by atoms with Gasteiger partial charge in [0.1, 0.15) is 0 Å². The molecule has 0 aliphatic rings. The zero-order valence-electron chi connectivity index (χ0n) is 8.42. The number of carboxylic acid groups (broad SMARTS) is 1. The van der Waals surface area contributed by atoms with Crippen LogP contribution in [-0.2, 0) is 0 Å². The molecule has 0 bridgehead atoms. The van der Waals surface area contributed by atoms with Crippen LogP contribution < -0.4 is 0 Å². The van der Waals surface area contributed by atoms with Crippen LogP contribution in [0.5, 0.6) is 0 Å². The van der Waals surface area contributed by atoms with Gasteiger partial charge in [0.25, 0.3) is 5.69 Å². The monoisotopic (exact) mass is 277 g/mol. The van der Waals surface area contributed by atoms with Gasteiger partial charge in [0.05, 0.1) is 22.1 Å². The van der Waals surface area contributed by atoms with Crippen molar-refractivity contribution in [3.05, 3.63) is 32.8 Å². The Morgan fingerprint density at radius 3 is 2.65 bits per heavy atom. The van der Waals surface area contributed by atoms with Crippen molar-refractivity contribution in [3.63, 3.8) is 0 Å². The number of hydrogen-bond acceptors (Lipinski definition) is 5. The number of nitrogens with zero attached hydrogens (tertiary/aromatic N) is 1. The van der Waals surface area contributed by atoms with Gasteiger partial charge in [-0.25, -0.2) is 4.79 Å². The smallest absolute Gasteiger partial charge is 0.337 e. The Balaban J connectivity index is 3.28. The first-order chi connectivity index (χ1) is 7.97. The summed E-state index contributed by atoms with van der Waals surface area (Å²) in [5.41, 5.74) is -0.608. The SMILES string of the molecule is O=C(O)c1cc([N+](=O)[O-])cc(Cl)c1SCCO. The number of non-ortho nitro benzene ring substituents is 1. The second-order valence-electron chi connectivity index (χ2n) is 2.94. The van der Waals surface area contributed by atoms with E-state index in [0.29, 0.717) is 0 Å². The van der Waals surface area contributed by atoms with Crippen molar-refractivity contribution in [3.8, 4) is 0 Å². The largest absolute Gasteiger partial charge is 0.478 e. The van der Waals surface area contributed by atoms with Crippen LogP contribution in [0.2, 0.25) is 5.02 Å². The summed E-state index contributed by atoms with van der Waals surface area (Å²) in [6, 6.07) is 2.04. The lowest BCUT2D eigenvalue weighted by Gasteiger charge is -2.07. The van der Waals surface area contributed by atoms with E-state index in [4.69, 9.17) is 21.8 Å². The van der Waals surface area contributed by atoms with Gasteiger partial charge >= 0.3 is 5.97 Å². The van der Waals surface area contributed by atoms with Crippen molar-refractivity contribution < 1.29 is 19.9 Å². The number of aliphatic hydroxyl groups excluding tert-OH is 1. The van der Waals surface area contributed by atoms with Gasteiger partial charge in [-0.1, -0.05) is 11.6 Å². The van der Waals surface area contributed by atoms with E-state index in [0.717, 1.165) is 23.9 Å². The highest BCUT2D eigenvalue weighted by Gasteiger charge is 2.20. The molecular weight excluding hydrogens is 270 g/mol. The molecular formula is C9H8ClNO5S. The molecule has 17 heavy (non-hydrogen) atoms. The van der Waals surface area contributed by atoms with E-state index in [1.54, 1.807) is 0 Å². The van der Waals surface area contributed by atoms with Crippen molar-refractivity contribution in [2.75, 3.05) is 12.4 Å². The highest BCUT2D eigenvalue weighted by atomic mass is 35.5. The van der Waals surface area contributed by atoms with Crippen LogP contribution in [0.4, 0.5) is 5.69 Å². The number of aromatic carboxylic acids is 1. The number of benzene rings is 1. The second-order valence-corrected chi connectivity index (χ2v) is 4.45. The van der Waals surface area contributed by atoms with Crippen molar-refractivity contribution >= 4 is 35.0 Å². The lowest BCUT2D eigenvalue weighted by Crippen LogP contribution is -2.02. The van der Waals surface area contributed by atoms with E-state index in [1.807, 2.05) is 0 Å². The molecule has 1 aromatic carbocycles. The fraction of sp³-hybridized carbons (Fsp3) is 0.222. The van der Waals surface area contributed by atoms with Crippen molar-refractivity contribution in [1.29, 1.82) is 0 Å². The zero-order chi connectivity index (χ0) is 13.0. The lowest BCUT2D eigenvalue weighted by atomic mass is 10.2. The van der Waals surface area contributed by atoms with Crippen LogP contribution in [0.3, 0.4) is 0 Å². The van der Waals surface area contributed by atoms with E-state index >= 15 is 0 Å². The highest BCUT2D eigenvalue weighted by Crippen LogP contribution is 2.34. The van der Waals surface area contributed by atoms with Crippen LogP contribution in [-0.4, -0.2) is 33.5 Å². The first-order valence-corrected chi connectivity index (χ1v) is 5.78. The van der Waals surface area contributed by atoms with Gasteiger partial charge in [0.2, 0.25) is 0 Å². The summed E-state index contributed by atoms with van der Waals surface area (Å²) in [6.45, 7) is -0.142. The average Bonchev–Trinajstić information content (AvgIpc) is 2.26. The van der Waals surface area contributed by atoms with Crippen molar-refractivity contribution in [2.45, 2.75) is 4.90 Å². The number of thioether (sulfide) groups is 1. The summed E-state index contributed by atoms with van der Waals surface area (Å²) < 4.78 is 0. The van der Waals surface area contributed by atoms with Crippen LogP contribution in [0.15, 0.2) is 17.0 Å². The molecule has 0 aromatic heterocycles. The van der Waals surface area contributed by atoms with Crippen LogP contribution in [0.25, 0.3) is 0 Å². The highest BCUT2D eigenvalue weighted by molar-refractivity contribution is 7.99. The molecule has 1 rings (SSSR count). The van der Waals surface area contributed by atoms with Crippen LogP contribution in [0, 0.1) is 10.1 Å². The predicted octanol–water partition coefficient (Wildman–Crippen LogP) is 2.03. The number of nitro benzene ring substituents is 1. The van der Waals surface area contributed by atoms with Crippen molar-refractivity contribution in [1.82, 2.24) is 0 Å². The minimum absolute atomic E-state index is 0.00458. The normalized spacial score (nSPS) is 10.2. The minimum Gasteiger partial charge on any atom is -0.478 e. The van der Waals surface area contributed by atoms with E-state index in [1.165, 1.54) is 0 Å². The topological polar surface area (TPSA) is 101 Å². The Hall–Kier alpha value is -1.31. The number of nitro groups is 1. The van der Waals surface area contributed by atoms with Gasteiger partial charge < -0.3 is 10.2 Å². The Morgan fingerprint density at radius 1 is 1.53 bits per heavy atom. The fourth-order valence-corrected chi connectivity index (χ4v) is 2.31. The fourth-order valence-electron chi connectivity index (χ4n) is 1.14. The molecule has 0 aliphatic carbocycles. The van der Waals surface area contributed by atoms with Crippen LogP contribution in [0.1, 0.15) is 10.4 Å². The molecule has 0 saturated heterocycles. The van der Waals surface area contributed by atoms with E-state index in [9.17, 15) is 14.9 Å². The molecule has 0 aliphatic heterocycles. The Labute approximate surface area is 105 Å². The first-order valence-electron chi connectivity index (χ1n) is 4.42. The summed E-state index contributed by atoms with van der Waals surface area (Å²) in [4.78, 5) is 21.0. The Bertz CT molecular complexity index is 465. The number of carbonyl (C=O) groups is 1. The zero-order valence-corrected chi connectivity index (χ0v) is 9.99. The molecule has 0 unspecified atom stereocenters. The lowest BCUT2D eigenvalue weighted by molar-refractivity contribution is -0.384. The van der Waals surface area contributed by atoms with E-state index in [2.05, 4.69) is 0 Å². The van der Waals surface area contributed by atoms with Gasteiger partial charge in [0, 0.05) is 22.8 Å². The number of rotatable bonds is 5. The minimum atomic E-state index is -1.30. The van der Waals surface area contributed by atoms with E-state index < -0.39 is 10.9 Å². The average molecular weight is 278 g/mol. The van der Waals surface area contributed by atoms with Gasteiger partial charge in [-0.05, 0) is 0 Å². The number of aliphatic hydroxyl groups is 1. The maximum Gasteiger partial charge on any atom is 0.337 e. The first kappa shape index (κ1) is 13.8. The van der Waals surface area contributed by atoms with Gasteiger partial charge in [-0.15, -0.1) is 11.8 Å². The molecule has 0 spiro atoms.